The van der Waals surface area contributed by atoms with Gasteiger partial charge in [0.15, 0.2) is 11.5 Å². The number of hydrogen-bond donors (Lipinski definition) is 0. The van der Waals surface area contributed by atoms with Crippen LogP contribution in [0, 0.1) is 0 Å². The van der Waals surface area contributed by atoms with Crippen LogP contribution < -0.4 is 9.47 Å². The van der Waals surface area contributed by atoms with E-state index in [9.17, 15) is 0 Å². The molecule has 0 aliphatic carbocycles. The summed E-state index contributed by atoms with van der Waals surface area (Å²) >= 11 is 0. The Bertz CT molecular complexity index is 463. The molecule has 15 heavy (non-hydrogen) atoms. The van der Waals surface area contributed by atoms with Crippen LogP contribution in [0.15, 0.2) is 36.4 Å². The summed E-state index contributed by atoms with van der Waals surface area (Å²) in [6, 6.07) is 12.1. The van der Waals surface area contributed by atoms with Crippen LogP contribution in [0.25, 0.3) is 10.8 Å². The summed E-state index contributed by atoms with van der Waals surface area (Å²) in [6.45, 7) is 2.62. The maximum Gasteiger partial charge on any atom is 0.168 e. The van der Waals surface area contributed by atoms with Gasteiger partial charge in [0.2, 0.25) is 0 Å². The highest BCUT2D eigenvalue weighted by Crippen LogP contribution is 2.35. The zero-order valence-electron chi connectivity index (χ0n) is 8.99. The third kappa shape index (κ3) is 1.75. The van der Waals surface area contributed by atoms with E-state index >= 15 is 0 Å². The van der Waals surface area contributed by atoms with E-state index in [-0.39, 0.29) is 0 Å². The van der Waals surface area contributed by atoms with Crippen molar-refractivity contribution in [1.29, 1.82) is 0 Å². The molecule has 0 atom stereocenters. The lowest BCUT2D eigenvalue weighted by molar-refractivity contribution is 0.315. The first kappa shape index (κ1) is 9.84. The zero-order chi connectivity index (χ0) is 10.7. The molecular formula is C13H14O2. The first-order valence-electron chi connectivity index (χ1n) is 5.05. The summed E-state index contributed by atoms with van der Waals surface area (Å²) in [6.07, 6.45) is 0. The summed E-state index contributed by atoms with van der Waals surface area (Å²) in [5, 5.41) is 2.26. The van der Waals surface area contributed by atoms with Crippen LogP contribution >= 0.6 is 0 Å². The summed E-state index contributed by atoms with van der Waals surface area (Å²) < 4.78 is 10.9. The smallest absolute Gasteiger partial charge is 0.168 e. The maximum absolute atomic E-state index is 5.62. The Balaban J connectivity index is 2.67. The van der Waals surface area contributed by atoms with E-state index in [2.05, 4.69) is 6.07 Å². The van der Waals surface area contributed by atoms with Gasteiger partial charge >= 0.3 is 0 Å². The molecule has 0 saturated carbocycles. The van der Waals surface area contributed by atoms with Gasteiger partial charge in [-0.3, -0.25) is 0 Å². The van der Waals surface area contributed by atoms with Crippen molar-refractivity contribution in [1.82, 2.24) is 0 Å². The van der Waals surface area contributed by atoms with Crippen LogP contribution in [-0.4, -0.2) is 13.7 Å². The number of rotatable bonds is 3. The minimum absolute atomic E-state index is 0.643. The molecule has 0 N–H and O–H groups in total. The molecule has 78 valence electrons. The van der Waals surface area contributed by atoms with Crippen molar-refractivity contribution in [3.63, 3.8) is 0 Å². The SMILES string of the molecule is CCOc1c(OC)ccc2ccccc12. The number of benzene rings is 2. The molecule has 0 aliphatic heterocycles. The second-order valence-corrected chi connectivity index (χ2v) is 3.25. The molecule has 0 radical (unpaired) electrons. The summed E-state index contributed by atoms with van der Waals surface area (Å²) in [7, 11) is 1.66. The molecule has 0 unspecified atom stereocenters. The molecular weight excluding hydrogens is 188 g/mol. The lowest BCUT2D eigenvalue weighted by Gasteiger charge is -2.11. The molecule has 0 amide bonds. The van der Waals surface area contributed by atoms with Crippen molar-refractivity contribution < 1.29 is 9.47 Å². The van der Waals surface area contributed by atoms with Gasteiger partial charge in [0.25, 0.3) is 0 Å². The quantitative estimate of drug-likeness (QED) is 0.760. The van der Waals surface area contributed by atoms with Crippen molar-refractivity contribution >= 4 is 10.8 Å². The Morgan fingerprint density at radius 3 is 2.60 bits per heavy atom. The van der Waals surface area contributed by atoms with Crippen LogP contribution in [-0.2, 0) is 0 Å². The molecule has 2 rings (SSSR count). The molecule has 0 saturated heterocycles. The minimum atomic E-state index is 0.643. The molecule has 0 fully saturated rings. The van der Waals surface area contributed by atoms with Crippen molar-refractivity contribution in [3.8, 4) is 11.5 Å². The second-order valence-electron chi connectivity index (χ2n) is 3.25. The third-order valence-electron chi connectivity index (χ3n) is 2.35. The number of ether oxygens (including phenoxy) is 2. The third-order valence-corrected chi connectivity index (χ3v) is 2.35. The normalized spacial score (nSPS) is 10.3. The van der Waals surface area contributed by atoms with E-state index in [1.165, 1.54) is 5.39 Å². The first-order chi connectivity index (χ1) is 7.36. The summed E-state index contributed by atoms with van der Waals surface area (Å²) in [5.74, 6) is 1.62. The van der Waals surface area contributed by atoms with E-state index in [1.807, 2.05) is 37.3 Å². The van der Waals surface area contributed by atoms with Crippen LogP contribution in [0.2, 0.25) is 0 Å². The van der Waals surface area contributed by atoms with Crippen molar-refractivity contribution in [2.45, 2.75) is 6.92 Å². The monoisotopic (exact) mass is 202 g/mol. The van der Waals surface area contributed by atoms with Crippen molar-refractivity contribution in [2.75, 3.05) is 13.7 Å². The van der Waals surface area contributed by atoms with E-state index in [0.717, 1.165) is 16.9 Å². The largest absolute Gasteiger partial charge is 0.493 e. The fourth-order valence-electron chi connectivity index (χ4n) is 1.68. The molecule has 0 aliphatic rings. The molecule has 0 aromatic heterocycles. The van der Waals surface area contributed by atoms with Crippen LogP contribution in [0.3, 0.4) is 0 Å². The van der Waals surface area contributed by atoms with E-state index < -0.39 is 0 Å². The van der Waals surface area contributed by atoms with Gasteiger partial charge in [0, 0.05) is 5.39 Å². The van der Waals surface area contributed by atoms with Gasteiger partial charge in [0.05, 0.1) is 13.7 Å². The molecule has 2 aromatic carbocycles. The Hall–Kier alpha value is -1.70. The standard InChI is InChI=1S/C13H14O2/c1-3-15-13-11-7-5-4-6-10(11)8-9-12(13)14-2/h4-9H,3H2,1-2H3. The zero-order valence-corrected chi connectivity index (χ0v) is 8.99. The van der Waals surface area contributed by atoms with Crippen LogP contribution in [0.5, 0.6) is 11.5 Å². The van der Waals surface area contributed by atoms with Gasteiger partial charge in [-0.1, -0.05) is 30.3 Å². The fraction of sp³-hybridized carbons (Fsp3) is 0.231. The minimum Gasteiger partial charge on any atom is -0.493 e. The highest BCUT2D eigenvalue weighted by Gasteiger charge is 2.07. The molecule has 2 aromatic rings. The molecule has 0 heterocycles. The highest BCUT2D eigenvalue weighted by molar-refractivity contribution is 5.90. The summed E-state index contributed by atoms with van der Waals surface area (Å²) in [5.41, 5.74) is 0. The van der Waals surface area contributed by atoms with Gasteiger partial charge in [0.1, 0.15) is 0 Å². The lowest BCUT2D eigenvalue weighted by atomic mass is 10.1. The average Bonchev–Trinajstić information content (AvgIpc) is 2.30. The molecule has 2 nitrogen and oxygen atoms in total. The number of methoxy groups -OCH3 is 1. The molecule has 2 heteroatoms. The van der Waals surface area contributed by atoms with Gasteiger partial charge in [-0.05, 0) is 18.4 Å². The predicted molar refractivity (Wildman–Crippen MR) is 61.7 cm³/mol. The van der Waals surface area contributed by atoms with E-state index in [0.29, 0.717) is 6.61 Å². The Morgan fingerprint density at radius 2 is 1.87 bits per heavy atom. The van der Waals surface area contributed by atoms with Gasteiger partial charge < -0.3 is 9.47 Å². The van der Waals surface area contributed by atoms with Crippen molar-refractivity contribution in [3.05, 3.63) is 36.4 Å². The molecule has 0 spiro atoms. The Labute approximate surface area is 89.4 Å². The van der Waals surface area contributed by atoms with E-state index in [4.69, 9.17) is 9.47 Å². The van der Waals surface area contributed by atoms with Crippen LogP contribution in [0.4, 0.5) is 0 Å². The van der Waals surface area contributed by atoms with Gasteiger partial charge in [-0.2, -0.15) is 0 Å². The van der Waals surface area contributed by atoms with Crippen LogP contribution in [0.1, 0.15) is 6.92 Å². The van der Waals surface area contributed by atoms with Gasteiger partial charge in [-0.25, -0.2) is 0 Å². The first-order valence-corrected chi connectivity index (χ1v) is 5.05. The average molecular weight is 202 g/mol. The Kier molecular flexibility index (Phi) is 2.77. The van der Waals surface area contributed by atoms with E-state index in [1.54, 1.807) is 7.11 Å². The maximum atomic E-state index is 5.62. The van der Waals surface area contributed by atoms with Crippen molar-refractivity contribution in [2.24, 2.45) is 0 Å². The highest BCUT2D eigenvalue weighted by atomic mass is 16.5. The predicted octanol–water partition coefficient (Wildman–Crippen LogP) is 3.25. The second kappa shape index (κ2) is 4.22. The lowest BCUT2D eigenvalue weighted by Crippen LogP contribution is -1.96. The molecule has 0 bridgehead atoms. The number of fused-ring (bicyclic) bond motifs is 1. The Morgan fingerprint density at radius 1 is 1.07 bits per heavy atom. The summed E-state index contributed by atoms with van der Waals surface area (Å²) in [4.78, 5) is 0. The topological polar surface area (TPSA) is 18.5 Å². The van der Waals surface area contributed by atoms with Gasteiger partial charge in [-0.15, -0.1) is 0 Å². The number of hydrogen-bond acceptors (Lipinski definition) is 2. The fourth-order valence-corrected chi connectivity index (χ4v) is 1.68.